The molecule has 0 spiro atoms. The average Bonchev–Trinajstić information content (AvgIpc) is 2.74. The maximum absolute atomic E-state index is 6.03. The van der Waals surface area contributed by atoms with Crippen LogP contribution in [0.2, 0.25) is 10.0 Å². The molecule has 2 rings (SSSR count). The van der Waals surface area contributed by atoms with Gasteiger partial charge in [0.05, 0.1) is 15.6 Å². The van der Waals surface area contributed by atoms with Crippen LogP contribution in [-0.2, 0) is 0 Å². The van der Waals surface area contributed by atoms with Gasteiger partial charge in [0.2, 0.25) is 0 Å². The van der Waals surface area contributed by atoms with Crippen molar-refractivity contribution in [2.75, 3.05) is 5.73 Å². The summed E-state index contributed by atoms with van der Waals surface area (Å²) in [7, 11) is 0. The first kappa shape index (κ1) is 13.2. The maximum Gasteiger partial charge on any atom is 0.175 e. The Bertz CT molecular complexity index is 566. The lowest BCUT2D eigenvalue weighted by Gasteiger charge is -2.08. The molecule has 18 heavy (non-hydrogen) atoms. The van der Waals surface area contributed by atoms with Crippen molar-refractivity contribution in [2.24, 2.45) is 0 Å². The molecule has 1 atom stereocenters. The predicted octanol–water partition coefficient (Wildman–Crippen LogP) is 4.74. The highest BCUT2D eigenvalue weighted by Gasteiger charge is 2.20. The van der Waals surface area contributed by atoms with E-state index in [-0.39, 0.29) is 5.92 Å². The summed E-state index contributed by atoms with van der Waals surface area (Å²) in [6, 6.07) is 5.38. The van der Waals surface area contributed by atoms with Gasteiger partial charge in [-0.25, -0.2) is 0 Å². The van der Waals surface area contributed by atoms with Gasteiger partial charge in [-0.3, -0.25) is 0 Å². The van der Waals surface area contributed by atoms with Gasteiger partial charge in [0, 0.05) is 5.92 Å². The van der Waals surface area contributed by atoms with Crippen LogP contribution in [-0.4, -0.2) is 5.16 Å². The van der Waals surface area contributed by atoms with E-state index >= 15 is 0 Å². The van der Waals surface area contributed by atoms with Crippen molar-refractivity contribution in [1.82, 2.24) is 5.16 Å². The largest absolute Gasteiger partial charge is 0.380 e. The van der Waals surface area contributed by atoms with Gasteiger partial charge in [0.25, 0.3) is 0 Å². The minimum atomic E-state index is 0.249. The van der Waals surface area contributed by atoms with Crippen molar-refractivity contribution < 1.29 is 4.52 Å². The summed E-state index contributed by atoms with van der Waals surface area (Å²) in [5.41, 5.74) is 7.55. The molecule has 0 amide bonds. The zero-order chi connectivity index (χ0) is 13.3. The lowest BCUT2D eigenvalue weighted by atomic mass is 9.97. The van der Waals surface area contributed by atoms with Crippen LogP contribution in [0.15, 0.2) is 22.7 Å². The maximum atomic E-state index is 6.03. The van der Waals surface area contributed by atoms with E-state index in [1.54, 1.807) is 12.1 Å². The van der Waals surface area contributed by atoms with Gasteiger partial charge in [-0.1, -0.05) is 48.3 Å². The minimum Gasteiger partial charge on any atom is -0.380 e. The number of nitrogen functional groups attached to an aromatic ring is 1. The Morgan fingerprint density at radius 2 is 2.06 bits per heavy atom. The molecule has 0 aliphatic heterocycles. The van der Waals surface area contributed by atoms with Gasteiger partial charge >= 0.3 is 0 Å². The fourth-order valence-corrected chi connectivity index (χ4v) is 2.08. The molecule has 0 saturated carbocycles. The number of rotatable bonds is 3. The number of anilines is 1. The third kappa shape index (κ3) is 2.33. The number of aromatic nitrogens is 1. The van der Waals surface area contributed by atoms with Crippen LogP contribution in [0, 0.1) is 0 Å². The van der Waals surface area contributed by atoms with Gasteiger partial charge in [0.1, 0.15) is 5.76 Å². The summed E-state index contributed by atoms with van der Waals surface area (Å²) >= 11 is 11.9. The highest BCUT2D eigenvalue weighted by molar-refractivity contribution is 6.42. The summed E-state index contributed by atoms with van der Waals surface area (Å²) < 4.78 is 5.32. The first-order chi connectivity index (χ1) is 8.54. The minimum absolute atomic E-state index is 0.249. The number of hydrogen-bond acceptors (Lipinski definition) is 3. The normalized spacial score (nSPS) is 12.7. The molecule has 0 aliphatic carbocycles. The third-order valence-electron chi connectivity index (χ3n) is 3.01. The van der Waals surface area contributed by atoms with E-state index in [1.165, 1.54) is 0 Å². The molecule has 2 N–H and O–H groups in total. The van der Waals surface area contributed by atoms with Crippen molar-refractivity contribution in [2.45, 2.75) is 26.2 Å². The number of halogens is 2. The number of benzene rings is 1. The standard InChI is InChI=1S/C13H14Cl2N2O/c1-3-7(2)12-11(13(16)17-18-12)8-4-5-9(14)10(15)6-8/h4-7H,3H2,1-2H3,(H2,16,17). The lowest BCUT2D eigenvalue weighted by molar-refractivity contribution is 0.366. The smallest absolute Gasteiger partial charge is 0.175 e. The highest BCUT2D eigenvalue weighted by Crippen LogP contribution is 2.37. The molecule has 1 aromatic heterocycles. The van der Waals surface area contributed by atoms with Crippen molar-refractivity contribution in [3.8, 4) is 11.1 Å². The van der Waals surface area contributed by atoms with Gasteiger partial charge in [-0.05, 0) is 24.1 Å². The molecule has 3 nitrogen and oxygen atoms in total. The van der Waals surface area contributed by atoms with E-state index in [0.29, 0.717) is 15.9 Å². The molecular formula is C13H14Cl2N2O. The second kappa shape index (κ2) is 5.21. The number of nitrogens with zero attached hydrogens (tertiary/aromatic N) is 1. The van der Waals surface area contributed by atoms with E-state index in [4.69, 9.17) is 33.5 Å². The quantitative estimate of drug-likeness (QED) is 0.885. The van der Waals surface area contributed by atoms with Crippen LogP contribution in [0.1, 0.15) is 31.9 Å². The summed E-state index contributed by atoms with van der Waals surface area (Å²) in [5.74, 6) is 1.41. The van der Waals surface area contributed by atoms with Crippen LogP contribution in [0.25, 0.3) is 11.1 Å². The third-order valence-corrected chi connectivity index (χ3v) is 3.75. The Balaban J connectivity index is 2.55. The van der Waals surface area contributed by atoms with Gasteiger partial charge < -0.3 is 10.3 Å². The fourth-order valence-electron chi connectivity index (χ4n) is 1.78. The second-order valence-electron chi connectivity index (χ2n) is 4.25. The summed E-state index contributed by atoms with van der Waals surface area (Å²) in [4.78, 5) is 0. The molecule has 0 fully saturated rings. The summed E-state index contributed by atoms with van der Waals surface area (Å²) in [5, 5.41) is 4.85. The summed E-state index contributed by atoms with van der Waals surface area (Å²) in [6.45, 7) is 4.16. The second-order valence-corrected chi connectivity index (χ2v) is 5.06. The van der Waals surface area contributed by atoms with E-state index in [9.17, 15) is 0 Å². The van der Waals surface area contributed by atoms with Crippen molar-refractivity contribution in [1.29, 1.82) is 0 Å². The van der Waals surface area contributed by atoms with Gasteiger partial charge in [-0.2, -0.15) is 0 Å². The van der Waals surface area contributed by atoms with Crippen molar-refractivity contribution in [3.63, 3.8) is 0 Å². The molecule has 1 aromatic carbocycles. The molecular weight excluding hydrogens is 271 g/mol. The molecule has 5 heteroatoms. The van der Waals surface area contributed by atoms with Crippen LogP contribution in [0.5, 0.6) is 0 Å². The Kier molecular flexibility index (Phi) is 3.83. The van der Waals surface area contributed by atoms with E-state index in [0.717, 1.165) is 23.3 Å². The van der Waals surface area contributed by atoms with Crippen molar-refractivity contribution in [3.05, 3.63) is 34.0 Å². The Hall–Kier alpha value is -1.19. The zero-order valence-corrected chi connectivity index (χ0v) is 11.7. The molecule has 1 heterocycles. The molecule has 0 aliphatic rings. The Labute approximate surface area is 116 Å². The molecule has 1 unspecified atom stereocenters. The molecule has 0 saturated heterocycles. The van der Waals surface area contributed by atoms with Crippen LogP contribution >= 0.6 is 23.2 Å². The summed E-state index contributed by atoms with van der Waals surface area (Å²) in [6.07, 6.45) is 0.947. The zero-order valence-electron chi connectivity index (χ0n) is 10.2. The van der Waals surface area contributed by atoms with Crippen LogP contribution in [0.3, 0.4) is 0 Å². The van der Waals surface area contributed by atoms with Crippen molar-refractivity contribution >= 4 is 29.0 Å². The first-order valence-electron chi connectivity index (χ1n) is 5.75. The topological polar surface area (TPSA) is 52.0 Å². The van der Waals surface area contributed by atoms with Crippen LogP contribution in [0.4, 0.5) is 5.82 Å². The number of hydrogen-bond donors (Lipinski definition) is 1. The van der Waals surface area contributed by atoms with Gasteiger partial charge in [-0.15, -0.1) is 0 Å². The van der Waals surface area contributed by atoms with E-state index in [1.807, 2.05) is 6.07 Å². The first-order valence-corrected chi connectivity index (χ1v) is 6.50. The fraction of sp³-hybridized carbons (Fsp3) is 0.308. The Morgan fingerprint density at radius 1 is 1.33 bits per heavy atom. The average molecular weight is 285 g/mol. The lowest BCUT2D eigenvalue weighted by Crippen LogP contribution is -1.94. The Morgan fingerprint density at radius 3 is 2.67 bits per heavy atom. The van der Waals surface area contributed by atoms with Crippen LogP contribution < -0.4 is 5.73 Å². The molecule has 0 bridgehead atoms. The number of nitrogens with two attached hydrogens (primary N) is 1. The monoisotopic (exact) mass is 284 g/mol. The molecule has 96 valence electrons. The van der Waals surface area contributed by atoms with E-state index < -0.39 is 0 Å². The van der Waals surface area contributed by atoms with E-state index in [2.05, 4.69) is 19.0 Å². The highest BCUT2D eigenvalue weighted by atomic mass is 35.5. The predicted molar refractivity (Wildman–Crippen MR) is 75.1 cm³/mol. The van der Waals surface area contributed by atoms with Gasteiger partial charge in [0.15, 0.2) is 5.82 Å². The molecule has 2 aromatic rings. The SMILES string of the molecule is CCC(C)c1onc(N)c1-c1ccc(Cl)c(Cl)c1. The molecule has 0 radical (unpaired) electrons.